The summed E-state index contributed by atoms with van der Waals surface area (Å²) in [6.07, 6.45) is 10.8. The molecule has 11 aromatic rings. The number of aromatic amines is 1. The fourth-order valence-electron chi connectivity index (χ4n) is 8.88. The number of carbonyl (C=O) groups excluding carboxylic acids is 2. The van der Waals surface area contributed by atoms with Crippen molar-refractivity contribution in [2.75, 3.05) is 13.2 Å². The van der Waals surface area contributed by atoms with Crippen LogP contribution < -0.4 is 0 Å². The number of H-pyrrole nitrogens is 1. The Morgan fingerprint density at radius 3 is 1.11 bits per heavy atom. The number of nitrogens with one attached hydrogen (secondary N) is 1. The normalized spacial score (nSPS) is 11.4. The van der Waals surface area contributed by atoms with Crippen LogP contribution in [-0.4, -0.2) is 117 Å². The highest BCUT2D eigenvalue weighted by Crippen LogP contribution is 2.30. The minimum Gasteiger partial charge on any atom is -0.476 e. The van der Waals surface area contributed by atoms with Crippen LogP contribution in [0.3, 0.4) is 0 Å². The van der Waals surface area contributed by atoms with Gasteiger partial charge in [-0.05, 0) is 81.9 Å². The van der Waals surface area contributed by atoms with Crippen molar-refractivity contribution in [2.45, 2.75) is 78.7 Å². The van der Waals surface area contributed by atoms with Crippen LogP contribution in [0.25, 0.3) is 78.5 Å². The molecule has 0 aliphatic carbocycles. The molecule has 0 unspecified atom stereocenters. The number of carbonyl (C=O) groups is 3. The largest absolute Gasteiger partial charge is 0.476 e. The molecule has 444 valence electrons. The quantitative estimate of drug-likeness (QED) is 0.0387. The van der Waals surface area contributed by atoms with Crippen molar-refractivity contribution in [3.8, 4) is 78.5 Å². The van der Waals surface area contributed by atoms with Gasteiger partial charge >= 0.3 is 5.97 Å². The number of ether oxygens (including phenoxy) is 2. The molecule has 11 rings (SSSR count). The average Bonchev–Trinajstić information content (AvgIpc) is 3.26. The van der Waals surface area contributed by atoms with Crippen LogP contribution in [0.4, 0.5) is 0 Å². The molecular weight excluding hydrogens is 1190 g/mol. The van der Waals surface area contributed by atoms with E-state index in [0.29, 0.717) is 47.2 Å². The van der Waals surface area contributed by atoms with E-state index >= 15 is 0 Å². The fourth-order valence-corrected chi connectivity index (χ4v) is 10.7. The lowest BCUT2D eigenvalue weighted by Gasteiger charge is -2.14. The number of benzene rings is 6. The zero-order valence-corrected chi connectivity index (χ0v) is 53.4. The van der Waals surface area contributed by atoms with E-state index in [1.54, 1.807) is 25.0 Å². The Hall–Kier alpha value is -9.20. The van der Waals surface area contributed by atoms with Gasteiger partial charge in [-0.3, -0.25) is 9.59 Å². The average molecular weight is 1260 g/mol. The maximum Gasteiger partial charge on any atom is 0.358 e. The second-order valence-corrected chi connectivity index (χ2v) is 35.1. The van der Waals surface area contributed by atoms with Crippen LogP contribution >= 0.6 is 15.9 Å². The number of carboxylic acid groups (broad SMARTS) is 1. The van der Waals surface area contributed by atoms with Gasteiger partial charge in [0.2, 0.25) is 0 Å². The van der Waals surface area contributed by atoms with Crippen molar-refractivity contribution < 1.29 is 29.0 Å². The number of halogens is 1. The first-order valence-electron chi connectivity index (χ1n) is 28.2. The monoisotopic (exact) mass is 1260 g/mol. The number of aromatic nitrogens is 13. The number of hydrogen-bond donors (Lipinski definition) is 2. The molecule has 6 aromatic carbocycles. The maximum atomic E-state index is 12.2. The topological polar surface area (TPSA) is 229 Å². The Morgan fingerprint density at radius 1 is 0.460 bits per heavy atom. The molecule has 22 heteroatoms. The van der Waals surface area contributed by atoms with Gasteiger partial charge < -0.3 is 23.7 Å². The molecular formula is C65H68BrN13O6Si2. The molecule has 0 aliphatic heterocycles. The Morgan fingerprint density at radius 2 is 0.793 bits per heavy atom. The summed E-state index contributed by atoms with van der Waals surface area (Å²) >= 11 is 3.46. The Balaban J connectivity index is 0.000000157. The molecule has 0 bridgehead atoms. The molecule has 0 saturated carbocycles. The molecule has 5 heterocycles. The molecule has 19 nitrogen and oxygen atoms in total. The SMILES string of the molecule is CC(=O)c1nn(COCC[Si](C)(C)C)nc1-c1ccc(-c2ccc(-n3ccnc3)cc2)cc1.CC(=O)c1nn(COCC[Si](C)(C)C)nc1-c1ccc(-c2ccc(Br)cc2)cc1.O=C(O)c1n[nH]nc1-c1ccc(-c2ccc(-n3ccnc3)cc2)cc1. The molecule has 2 N–H and O–H groups in total. The number of Topliss-reactive ketones (excluding diaryl/α,β-unsaturated/α-hetero) is 2. The fraction of sp³-hybridized carbons (Fsp3) is 0.215. The molecule has 5 aromatic heterocycles. The molecule has 0 amide bonds. The first-order valence-corrected chi connectivity index (χ1v) is 36.4. The van der Waals surface area contributed by atoms with Crippen molar-refractivity contribution in [3.63, 3.8) is 0 Å². The molecule has 87 heavy (non-hydrogen) atoms. The zero-order valence-electron chi connectivity index (χ0n) is 49.8. The van der Waals surface area contributed by atoms with Gasteiger partial charge in [0.25, 0.3) is 0 Å². The predicted octanol–water partition coefficient (Wildman–Crippen LogP) is 14.2. The lowest BCUT2D eigenvalue weighted by molar-refractivity contribution is 0.0681. The number of hydrogen-bond acceptors (Lipinski definition) is 13. The van der Waals surface area contributed by atoms with E-state index in [2.05, 4.69) is 137 Å². The third-order valence-corrected chi connectivity index (χ3v) is 17.7. The van der Waals surface area contributed by atoms with Gasteiger partial charge in [0.05, 0.1) is 12.7 Å². The second kappa shape index (κ2) is 28.3. The number of nitrogens with zero attached hydrogens (tertiary/aromatic N) is 12. The van der Waals surface area contributed by atoms with Gasteiger partial charge in [-0.25, -0.2) is 14.8 Å². The van der Waals surface area contributed by atoms with Gasteiger partial charge in [-0.1, -0.05) is 164 Å². The minimum absolute atomic E-state index is 0.0857. The summed E-state index contributed by atoms with van der Waals surface area (Å²) in [5, 5.41) is 36.8. The van der Waals surface area contributed by atoms with Gasteiger partial charge in [0.15, 0.2) is 42.1 Å². The lowest BCUT2D eigenvalue weighted by atomic mass is 10.0. The molecule has 0 saturated heterocycles. The first kappa shape index (κ1) is 62.3. The number of rotatable bonds is 21. The van der Waals surface area contributed by atoms with Gasteiger partial charge in [0.1, 0.15) is 17.1 Å². The Labute approximate surface area is 515 Å². The van der Waals surface area contributed by atoms with E-state index in [1.165, 1.54) is 23.4 Å². The molecule has 0 fully saturated rings. The minimum atomic E-state index is -1.16. The van der Waals surface area contributed by atoms with E-state index < -0.39 is 22.1 Å². The summed E-state index contributed by atoms with van der Waals surface area (Å²) in [6.45, 7) is 18.8. The third-order valence-electron chi connectivity index (χ3n) is 13.8. The Kier molecular flexibility index (Phi) is 20.3. The van der Waals surface area contributed by atoms with Crippen LogP contribution in [0.1, 0.15) is 45.3 Å². The number of ketones is 2. The summed E-state index contributed by atoms with van der Waals surface area (Å²) in [7, 11) is -2.30. The Bertz CT molecular complexity index is 4020. The van der Waals surface area contributed by atoms with Crippen molar-refractivity contribution in [2.24, 2.45) is 0 Å². The molecule has 0 spiro atoms. The summed E-state index contributed by atoms with van der Waals surface area (Å²) in [5.74, 6) is -1.33. The third kappa shape index (κ3) is 17.0. The first-order chi connectivity index (χ1) is 41.7. The van der Waals surface area contributed by atoms with Crippen molar-refractivity contribution in [3.05, 3.63) is 205 Å². The van der Waals surface area contributed by atoms with E-state index in [4.69, 9.17) is 14.6 Å². The molecule has 0 atom stereocenters. The van der Waals surface area contributed by atoms with E-state index in [0.717, 1.165) is 72.4 Å². The van der Waals surface area contributed by atoms with Crippen molar-refractivity contribution in [1.82, 2.24) is 64.5 Å². The van der Waals surface area contributed by atoms with Gasteiger partial charge in [-0.15, -0.1) is 15.3 Å². The van der Waals surface area contributed by atoms with Crippen molar-refractivity contribution >= 4 is 49.6 Å². The molecule has 0 aliphatic rings. The number of carboxylic acids is 1. The van der Waals surface area contributed by atoms with E-state index in [-0.39, 0.29) is 30.7 Å². The van der Waals surface area contributed by atoms with Crippen LogP contribution in [-0.2, 0) is 22.9 Å². The highest BCUT2D eigenvalue weighted by Gasteiger charge is 2.21. The highest BCUT2D eigenvalue weighted by atomic mass is 79.9. The molecule has 0 radical (unpaired) electrons. The van der Waals surface area contributed by atoms with Gasteiger partial charge in [0, 0.05) is 101 Å². The summed E-state index contributed by atoms with van der Waals surface area (Å²) in [6, 6.07) is 50.3. The smallest absolute Gasteiger partial charge is 0.358 e. The summed E-state index contributed by atoms with van der Waals surface area (Å²) < 4.78 is 16.4. The van der Waals surface area contributed by atoms with Crippen molar-refractivity contribution in [1.29, 1.82) is 0 Å². The highest BCUT2D eigenvalue weighted by molar-refractivity contribution is 9.10. The number of aromatic carboxylic acids is 1. The summed E-state index contributed by atoms with van der Waals surface area (Å²) in [4.78, 5) is 46.5. The lowest BCUT2D eigenvalue weighted by Crippen LogP contribution is -2.22. The van der Waals surface area contributed by atoms with Crippen LogP contribution in [0.2, 0.25) is 51.4 Å². The van der Waals surface area contributed by atoms with Crippen LogP contribution in [0.15, 0.2) is 188 Å². The van der Waals surface area contributed by atoms with E-state index in [9.17, 15) is 14.4 Å². The zero-order chi connectivity index (χ0) is 61.7. The van der Waals surface area contributed by atoms with Crippen LogP contribution in [0, 0.1) is 0 Å². The van der Waals surface area contributed by atoms with Crippen LogP contribution in [0.5, 0.6) is 0 Å². The standard InChI is InChI=1S/C25H29N5O2Si.C22H26BrN3O2Si.C18H13N5O2/c1-19(31)24-25(28-30(27-24)18-32-15-16-33(2,3)4)22-7-5-20(6-8-22)21-9-11-23(12-10-21)29-14-13-26-17-29;1-16(27)21-22(25-26(24-21)15-28-13-14-29(2,3)4)19-7-5-17(6-8-19)18-9-11-20(23)12-10-18;24-18(25)17-16(20-22-21-17)14-3-1-12(2-4-14)13-5-7-15(8-6-13)23-10-9-19-11-23/h5-14,17H,15-16,18H2,1-4H3;5-12H,13-15H2,1-4H3;1-11H,(H,24,25)(H,20,21,22). The number of imidazole rings is 2. The second-order valence-electron chi connectivity index (χ2n) is 22.9. The predicted molar refractivity (Wildman–Crippen MR) is 346 cm³/mol. The summed E-state index contributed by atoms with van der Waals surface area (Å²) in [5.41, 5.74) is 13.2. The van der Waals surface area contributed by atoms with Gasteiger partial charge in [-0.2, -0.15) is 30.1 Å². The maximum absolute atomic E-state index is 12.2. The van der Waals surface area contributed by atoms with E-state index in [1.807, 2.05) is 131 Å².